The minimum absolute atomic E-state index is 0.0306. The summed E-state index contributed by atoms with van der Waals surface area (Å²) in [6, 6.07) is 7.71. The largest absolute Gasteiger partial charge is 0.416 e. The predicted octanol–water partition coefficient (Wildman–Crippen LogP) is 3.60. The first-order valence-electron chi connectivity index (χ1n) is 8.72. The number of anilines is 1. The Morgan fingerprint density at radius 1 is 0.897 bits per heavy atom. The van der Waals surface area contributed by atoms with Gasteiger partial charge in [-0.3, -0.25) is 4.72 Å². The van der Waals surface area contributed by atoms with Crippen LogP contribution in [0.4, 0.5) is 18.9 Å². The first-order valence-corrected chi connectivity index (χ1v) is 11.6. The minimum Gasteiger partial charge on any atom is -0.280 e. The van der Waals surface area contributed by atoms with Gasteiger partial charge in [0.25, 0.3) is 10.0 Å². The number of hydrogen-bond donors (Lipinski definition) is 1. The monoisotopic (exact) mass is 448 g/mol. The second-order valence-corrected chi connectivity index (χ2v) is 10.3. The van der Waals surface area contributed by atoms with Crippen LogP contribution in [0.15, 0.2) is 52.3 Å². The van der Waals surface area contributed by atoms with Crippen LogP contribution in [0.2, 0.25) is 0 Å². The van der Waals surface area contributed by atoms with Crippen LogP contribution >= 0.6 is 0 Å². The molecule has 0 atom stereocenters. The first-order chi connectivity index (χ1) is 13.4. The molecule has 11 heteroatoms. The third kappa shape index (κ3) is 4.57. The van der Waals surface area contributed by atoms with Crippen LogP contribution in [0.1, 0.15) is 24.0 Å². The number of halogens is 3. The van der Waals surface area contributed by atoms with Crippen molar-refractivity contribution in [2.75, 3.05) is 17.8 Å². The van der Waals surface area contributed by atoms with Gasteiger partial charge in [0, 0.05) is 18.8 Å². The zero-order valence-corrected chi connectivity index (χ0v) is 17.0. The Bertz CT molecular complexity index is 1110. The Balaban J connectivity index is 1.85. The normalized spacial score (nSPS) is 16.1. The van der Waals surface area contributed by atoms with Crippen LogP contribution in [-0.2, 0) is 26.2 Å². The fraction of sp³-hybridized carbons (Fsp3) is 0.333. The molecule has 0 bridgehead atoms. The molecule has 1 fully saturated rings. The van der Waals surface area contributed by atoms with Gasteiger partial charge in [-0.15, -0.1) is 0 Å². The van der Waals surface area contributed by atoms with Gasteiger partial charge in [0.15, 0.2) is 0 Å². The van der Waals surface area contributed by atoms with Gasteiger partial charge in [0.2, 0.25) is 10.0 Å². The predicted molar refractivity (Wildman–Crippen MR) is 101 cm³/mol. The van der Waals surface area contributed by atoms with E-state index in [9.17, 15) is 30.0 Å². The average molecular weight is 448 g/mol. The lowest BCUT2D eigenvalue weighted by atomic mass is 10.1. The molecule has 2 aromatic carbocycles. The summed E-state index contributed by atoms with van der Waals surface area (Å²) in [5.74, 6) is 0. The summed E-state index contributed by atoms with van der Waals surface area (Å²) in [5, 5.41) is 0. The summed E-state index contributed by atoms with van der Waals surface area (Å²) < 4.78 is 92.6. The van der Waals surface area contributed by atoms with Crippen LogP contribution in [0, 0.1) is 6.92 Å². The third-order valence-electron chi connectivity index (χ3n) is 4.63. The van der Waals surface area contributed by atoms with Gasteiger partial charge in [-0.2, -0.15) is 17.5 Å². The lowest BCUT2D eigenvalue weighted by molar-refractivity contribution is -0.138. The third-order valence-corrected chi connectivity index (χ3v) is 7.94. The second-order valence-electron chi connectivity index (χ2n) is 6.72. The maximum atomic E-state index is 13.0. The van der Waals surface area contributed by atoms with Crippen molar-refractivity contribution >= 4 is 25.7 Å². The zero-order chi connectivity index (χ0) is 21.4. The van der Waals surface area contributed by atoms with Crippen molar-refractivity contribution in [2.45, 2.75) is 35.7 Å². The number of benzene rings is 2. The molecule has 1 saturated heterocycles. The Labute approximate surface area is 167 Å². The van der Waals surface area contributed by atoms with Crippen LogP contribution in [-0.4, -0.2) is 34.2 Å². The summed E-state index contributed by atoms with van der Waals surface area (Å²) in [6.45, 7) is 2.11. The molecule has 1 heterocycles. The molecule has 1 aliphatic heterocycles. The SMILES string of the molecule is Cc1ccc(NS(=O)(=O)c2ccc(S(=O)(=O)N3CCCC3)cc2)cc1C(F)(F)F. The number of rotatable bonds is 5. The number of sulfonamides is 2. The molecule has 0 amide bonds. The van der Waals surface area contributed by atoms with E-state index in [1.807, 2.05) is 0 Å². The minimum atomic E-state index is -4.61. The summed E-state index contributed by atoms with van der Waals surface area (Å²) in [6.07, 6.45) is -3.07. The smallest absolute Gasteiger partial charge is 0.280 e. The van der Waals surface area contributed by atoms with Crippen LogP contribution in [0.3, 0.4) is 0 Å². The van der Waals surface area contributed by atoms with E-state index in [1.165, 1.54) is 35.5 Å². The Morgan fingerprint density at radius 2 is 1.45 bits per heavy atom. The summed E-state index contributed by atoms with van der Waals surface area (Å²) >= 11 is 0. The molecule has 158 valence electrons. The highest BCUT2D eigenvalue weighted by Gasteiger charge is 2.33. The molecule has 0 unspecified atom stereocenters. The molecule has 0 saturated carbocycles. The highest BCUT2D eigenvalue weighted by molar-refractivity contribution is 7.92. The summed E-state index contributed by atoms with van der Waals surface area (Å²) in [5.41, 5.74) is -1.21. The highest BCUT2D eigenvalue weighted by Crippen LogP contribution is 2.34. The van der Waals surface area contributed by atoms with Crippen molar-refractivity contribution < 1.29 is 30.0 Å². The van der Waals surface area contributed by atoms with Crippen molar-refractivity contribution in [1.29, 1.82) is 0 Å². The molecule has 3 rings (SSSR count). The molecule has 1 aliphatic rings. The van der Waals surface area contributed by atoms with E-state index in [2.05, 4.69) is 4.72 Å². The summed E-state index contributed by atoms with van der Waals surface area (Å²) in [7, 11) is -7.89. The van der Waals surface area contributed by atoms with E-state index < -0.39 is 31.8 Å². The molecular weight excluding hydrogens is 429 g/mol. The van der Waals surface area contributed by atoms with Gasteiger partial charge in [0.1, 0.15) is 0 Å². The molecule has 2 aromatic rings. The number of nitrogens with zero attached hydrogens (tertiary/aromatic N) is 1. The highest BCUT2D eigenvalue weighted by atomic mass is 32.2. The van der Waals surface area contributed by atoms with Crippen molar-refractivity contribution in [3.63, 3.8) is 0 Å². The fourth-order valence-corrected chi connectivity index (χ4v) is 5.64. The van der Waals surface area contributed by atoms with Crippen LogP contribution in [0.5, 0.6) is 0 Å². The fourth-order valence-electron chi connectivity index (χ4n) is 3.07. The van der Waals surface area contributed by atoms with Gasteiger partial charge in [-0.05, 0) is 61.7 Å². The number of alkyl halides is 3. The van der Waals surface area contributed by atoms with E-state index >= 15 is 0 Å². The van der Waals surface area contributed by atoms with Crippen LogP contribution in [0.25, 0.3) is 0 Å². The number of nitrogens with one attached hydrogen (secondary N) is 1. The maximum Gasteiger partial charge on any atom is 0.416 e. The van der Waals surface area contributed by atoms with Gasteiger partial charge >= 0.3 is 6.18 Å². The first kappa shape index (κ1) is 21.6. The average Bonchev–Trinajstić information content (AvgIpc) is 3.18. The van der Waals surface area contributed by atoms with E-state index in [-0.39, 0.29) is 21.0 Å². The molecular formula is C18H19F3N2O4S2. The van der Waals surface area contributed by atoms with Gasteiger partial charge in [0.05, 0.1) is 15.4 Å². The van der Waals surface area contributed by atoms with Crippen molar-refractivity contribution in [1.82, 2.24) is 4.31 Å². The molecule has 0 spiro atoms. The van der Waals surface area contributed by atoms with Crippen molar-refractivity contribution in [2.24, 2.45) is 0 Å². The number of aryl methyl sites for hydroxylation is 1. The Morgan fingerprint density at radius 3 is 2.00 bits per heavy atom. The molecule has 0 radical (unpaired) electrons. The van der Waals surface area contributed by atoms with Gasteiger partial charge in [-0.25, -0.2) is 16.8 Å². The summed E-state index contributed by atoms with van der Waals surface area (Å²) in [4.78, 5) is -0.292. The number of hydrogen-bond acceptors (Lipinski definition) is 4. The lowest BCUT2D eigenvalue weighted by Gasteiger charge is -2.16. The Hall–Kier alpha value is -2.11. The molecule has 6 nitrogen and oxygen atoms in total. The molecule has 1 N–H and O–H groups in total. The molecule has 29 heavy (non-hydrogen) atoms. The van der Waals surface area contributed by atoms with Crippen molar-refractivity contribution in [3.05, 3.63) is 53.6 Å². The van der Waals surface area contributed by atoms with Gasteiger partial charge < -0.3 is 0 Å². The van der Waals surface area contributed by atoms with E-state index in [1.54, 1.807) is 0 Å². The van der Waals surface area contributed by atoms with Crippen LogP contribution < -0.4 is 4.72 Å². The van der Waals surface area contributed by atoms with E-state index in [4.69, 9.17) is 0 Å². The molecule has 0 aromatic heterocycles. The van der Waals surface area contributed by atoms with E-state index in [0.717, 1.165) is 31.0 Å². The van der Waals surface area contributed by atoms with Crippen molar-refractivity contribution in [3.8, 4) is 0 Å². The lowest BCUT2D eigenvalue weighted by Crippen LogP contribution is -2.27. The molecule has 0 aliphatic carbocycles. The quantitative estimate of drug-likeness (QED) is 0.758. The van der Waals surface area contributed by atoms with E-state index in [0.29, 0.717) is 13.1 Å². The maximum absolute atomic E-state index is 13.0. The second kappa shape index (κ2) is 7.62. The standard InChI is InChI=1S/C18H19F3N2O4S2/c1-13-4-5-14(12-17(13)18(19,20)21)22-28(24,25)15-6-8-16(9-7-15)29(26,27)23-10-2-3-11-23/h4-9,12,22H,2-3,10-11H2,1H3. The zero-order valence-electron chi connectivity index (χ0n) is 15.4. The Kier molecular flexibility index (Phi) is 5.67. The topological polar surface area (TPSA) is 83.5 Å². The van der Waals surface area contributed by atoms with Gasteiger partial charge in [-0.1, -0.05) is 6.07 Å².